The zero-order valence-corrected chi connectivity index (χ0v) is 10.1. The molecule has 1 aliphatic heterocycles. The van der Waals surface area contributed by atoms with Gasteiger partial charge in [-0.1, -0.05) is 6.92 Å². The number of halogens is 1. The van der Waals surface area contributed by atoms with Crippen LogP contribution in [-0.4, -0.2) is 18.2 Å². The van der Waals surface area contributed by atoms with Gasteiger partial charge in [-0.05, 0) is 25.6 Å². The van der Waals surface area contributed by atoms with Crippen molar-refractivity contribution in [1.29, 1.82) is 0 Å². The Morgan fingerprint density at radius 1 is 1.76 bits per heavy atom. The third-order valence-electron chi connectivity index (χ3n) is 3.17. The molecular formula is C13H16FN3. The molecule has 0 amide bonds. The number of aromatic nitrogens is 1. The molecule has 2 rings (SSSR count). The quantitative estimate of drug-likeness (QED) is 0.814. The van der Waals surface area contributed by atoms with Crippen LogP contribution in [0.5, 0.6) is 0 Å². The lowest BCUT2D eigenvalue weighted by Gasteiger charge is -2.13. The van der Waals surface area contributed by atoms with Gasteiger partial charge in [-0.2, -0.15) is 0 Å². The maximum absolute atomic E-state index is 13.9. The SMILES string of the molecule is C=NC=C(C)c1c(F)cnc2c1C(CC)CN2. The summed E-state index contributed by atoms with van der Waals surface area (Å²) in [6, 6.07) is 0. The largest absolute Gasteiger partial charge is 0.369 e. The second-order valence-corrected chi connectivity index (χ2v) is 4.22. The molecule has 17 heavy (non-hydrogen) atoms. The van der Waals surface area contributed by atoms with Crippen LogP contribution in [0.25, 0.3) is 5.57 Å². The Bertz CT molecular complexity index is 480. The van der Waals surface area contributed by atoms with E-state index in [9.17, 15) is 4.39 Å². The molecular weight excluding hydrogens is 217 g/mol. The van der Waals surface area contributed by atoms with Gasteiger partial charge in [-0.25, -0.2) is 9.37 Å². The fourth-order valence-corrected chi connectivity index (χ4v) is 2.31. The minimum atomic E-state index is -0.289. The molecule has 1 unspecified atom stereocenters. The number of pyridine rings is 1. The molecule has 1 aromatic rings. The maximum Gasteiger partial charge on any atom is 0.149 e. The fourth-order valence-electron chi connectivity index (χ4n) is 2.31. The summed E-state index contributed by atoms with van der Waals surface area (Å²) in [6.45, 7) is 8.18. The van der Waals surface area contributed by atoms with Gasteiger partial charge in [0.2, 0.25) is 0 Å². The molecule has 1 N–H and O–H groups in total. The molecule has 90 valence electrons. The number of hydrogen-bond acceptors (Lipinski definition) is 3. The van der Waals surface area contributed by atoms with Crippen LogP contribution in [0.15, 0.2) is 17.4 Å². The topological polar surface area (TPSA) is 37.3 Å². The molecule has 0 fully saturated rings. The molecule has 0 aliphatic carbocycles. The first-order valence-corrected chi connectivity index (χ1v) is 5.74. The highest BCUT2D eigenvalue weighted by Gasteiger charge is 2.27. The highest BCUT2D eigenvalue weighted by atomic mass is 19.1. The van der Waals surface area contributed by atoms with E-state index >= 15 is 0 Å². The molecule has 0 radical (unpaired) electrons. The van der Waals surface area contributed by atoms with Gasteiger partial charge in [-0.15, -0.1) is 0 Å². The molecule has 4 heteroatoms. The first-order valence-electron chi connectivity index (χ1n) is 5.74. The summed E-state index contributed by atoms with van der Waals surface area (Å²) in [5.41, 5.74) is 2.39. The summed E-state index contributed by atoms with van der Waals surface area (Å²) in [7, 11) is 0. The average Bonchev–Trinajstić information content (AvgIpc) is 2.72. The van der Waals surface area contributed by atoms with Gasteiger partial charge in [0.05, 0.1) is 6.20 Å². The Kier molecular flexibility index (Phi) is 3.22. The van der Waals surface area contributed by atoms with E-state index in [4.69, 9.17) is 0 Å². The van der Waals surface area contributed by atoms with Gasteiger partial charge in [0.25, 0.3) is 0 Å². The summed E-state index contributed by atoms with van der Waals surface area (Å²) in [5.74, 6) is 0.824. The molecule has 1 aliphatic rings. The van der Waals surface area contributed by atoms with Crippen molar-refractivity contribution in [3.8, 4) is 0 Å². The summed E-state index contributed by atoms with van der Waals surface area (Å²) >= 11 is 0. The van der Waals surface area contributed by atoms with Crippen molar-refractivity contribution in [2.75, 3.05) is 11.9 Å². The summed E-state index contributed by atoms with van der Waals surface area (Å²) < 4.78 is 13.9. The number of hydrogen-bond donors (Lipinski definition) is 1. The van der Waals surface area contributed by atoms with E-state index in [1.165, 1.54) is 6.20 Å². The third kappa shape index (κ3) is 1.95. The average molecular weight is 233 g/mol. The van der Waals surface area contributed by atoms with E-state index in [2.05, 4.69) is 28.9 Å². The monoisotopic (exact) mass is 233 g/mol. The van der Waals surface area contributed by atoms with Crippen molar-refractivity contribution in [1.82, 2.24) is 4.98 Å². The van der Waals surface area contributed by atoms with E-state index in [0.717, 1.165) is 29.9 Å². The van der Waals surface area contributed by atoms with Crippen molar-refractivity contribution < 1.29 is 4.39 Å². The van der Waals surface area contributed by atoms with Crippen LogP contribution in [0.4, 0.5) is 10.2 Å². The van der Waals surface area contributed by atoms with Crippen molar-refractivity contribution >= 4 is 18.1 Å². The van der Waals surface area contributed by atoms with Crippen molar-refractivity contribution in [2.24, 2.45) is 4.99 Å². The molecule has 0 spiro atoms. The highest BCUT2D eigenvalue weighted by Crippen LogP contribution is 2.38. The predicted octanol–water partition coefficient (Wildman–Crippen LogP) is 3.20. The second-order valence-electron chi connectivity index (χ2n) is 4.22. The van der Waals surface area contributed by atoms with E-state index in [1.54, 1.807) is 6.20 Å². The standard InChI is InChI=1S/C13H16FN3/c1-4-9-6-16-13-12(9)11(8(2)5-15-3)10(14)7-17-13/h5,7,9H,3-4,6H2,1-2H3,(H,16,17). The van der Waals surface area contributed by atoms with Crippen molar-refractivity contribution in [3.63, 3.8) is 0 Å². The Labute approximate surface area is 100 Å². The Morgan fingerprint density at radius 2 is 2.53 bits per heavy atom. The summed E-state index contributed by atoms with van der Waals surface area (Å²) in [4.78, 5) is 7.81. The molecule has 1 atom stereocenters. The number of allylic oxidation sites excluding steroid dienone is 1. The molecule has 0 saturated carbocycles. The van der Waals surface area contributed by atoms with Gasteiger partial charge in [-0.3, -0.25) is 4.99 Å². The van der Waals surface area contributed by atoms with Crippen molar-refractivity contribution in [3.05, 3.63) is 29.3 Å². The van der Waals surface area contributed by atoms with E-state index in [-0.39, 0.29) is 5.82 Å². The van der Waals surface area contributed by atoms with Crippen LogP contribution >= 0.6 is 0 Å². The van der Waals surface area contributed by atoms with Crippen LogP contribution in [0.1, 0.15) is 37.3 Å². The number of rotatable bonds is 3. The smallest absolute Gasteiger partial charge is 0.149 e. The predicted molar refractivity (Wildman–Crippen MR) is 68.9 cm³/mol. The number of anilines is 1. The minimum Gasteiger partial charge on any atom is -0.369 e. The van der Waals surface area contributed by atoms with Gasteiger partial charge < -0.3 is 5.32 Å². The van der Waals surface area contributed by atoms with Gasteiger partial charge in [0.1, 0.15) is 11.6 Å². The first-order chi connectivity index (χ1) is 8.19. The zero-order valence-electron chi connectivity index (χ0n) is 10.1. The highest BCUT2D eigenvalue weighted by molar-refractivity contribution is 5.73. The fraction of sp³-hybridized carbons (Fsp3) is 0.385. The van der Waals surface area contributed by atoms with Crippen LogP contribution in [0.2, 0.25) is 0 Å². The Balaban J connectivity index is 2.62. The lowest BCUT2D eigenvalue weighted by molar-refractivity contribution is 0.611. The Morgan fingerprint density at radius 3 is 3.18 bits per heavy atom. The summed E-state index contributed by atoms with van der Waals surface area (Å²) in [5, 5.41) is 3.21. The molecule has 0 saturated heterocycles. The minimum absolute atomic E-state index is 0.289. The lowest BCUT2D eigenvalue weighted by Crippen LogP contribution is -2.02. The van der Waals surface area contributed by atoms with Gasteiger partial charge >= 0.3 is 0 Å². The second kappa shape index (κ2) is 4.65. The number of nitrogens with zero attached hydrogens (tertiary/aromatic N) is 2. The maximum atomic E-state index is 13.9. The van der Waals surface area contributed by atoms with Crippen molar-refractivity contribution in [2.45, 2.75) is 26.2 Å². The van der Waals surface area contributed by atoms with E-state index < -0.39 is 0 Å². The van der Waals surface area contributed by atoms with Crippen LogP contribution in [0.3, 0.4) is 0 Å². The molecule has 2 heterocycles. The molecule has 0 bridgehead atoms. The van der Waals surface area contributed by atoms with Gasteiger partial charge in [0.15, 0.2) is 0 Å². The molecule has 3 nitrogen and oxygen atoms in total. The first kappa shape index (κ1) is 11.8. The zero-order chi connectivity index (χ0) is 12.4. The van der Waals surface area contributed by atoms with E-state index in [0.29, 0.717) is 11.5 Å². The lowest BCUT2D eigenvalue weighted by atomic mass is 9.92. The van der Waals surface area contributed by atoms with Crippen LogP contribution < -0.4 is 5.32 Å². The van der Waals surface area contributed by atoms with Crippen LogP contribution in [-0.2, 0) is 0 Å². The molecule has 0 aromatic carbocycles. The third-order valence-corrected chi connectivity index (χ3v) is 3.17. The van der Waals surface area contributed by atoms with Crippen LogP contribution in [0, 0.1) is 5.82 Å². The van der Waals surface area contributed by atoms with Gasteiger partial charge in [0, 0.05) is 29.8 Å². The van der Waals surface area contributed by atoms with E-state index in [1.807, 2.05) is 6.92 Å². The number of nitrogens with one attached hydrogen (secondary N) is 1. The number of fused-ring (bicyclic) bond motifs is 1. The Hall–Kier alpha value is -1.71. The summed E-state index contributed by atoms with van der Waals surface area (Å²) in [6.07, 6.45) is 3.82. The normalized spacial score (nSPS) is 18.8. The number of aliphatic imine (C=N–C) groups is 1. The molecule has 1 aromatic heterocycles.